The van der Waals surface area contributed by atoms with Gasteiger partial charge in [-0.2, -0.15) is 0 Å². The van der Waals surface area contributed by atoms with Crippen molar-refractivity contribution < 1.29 is 23.1 Å². The Bertz CT molecular complexity index is 1250. The smallest absolute Gasteiger partial charge is 0.303 e. The number of hydrogen-bond acceptors (Lipinski definition) is 5. The minimum absolute atomic E-state index is 0.0141. The van der Waals surface area contributed by atoms with Gasteiger partial charge in [0, 0.05) is 31.1 Å². The van der Waals surface area contributed by atoms with Crippen LogP contribution in [0.3, 0.4) is 0 Å². The standard InChI is InChI=1S/C27H31N3O5S/c1-21-12-14-23(15-13-21)36(34,35)30-20-27(16-7-11-25(31)32,18-22-8-3-2-4-9-22)19-29-26(33)24-10-5-6-17-28-24/h2-6,8-10,12-15,17,30H,7,11,16,18-20H2,1H3,(H,29,33)(H,31,32). The Hall–Kier alpha value is -3.56. The lowest BCUT2D eigenvalue weighted by Crippen LogP contribution is -2.47. The van der Waals surface area contributed by atoms with Crippen molar-refractivity contribution in [2.45, 2.75) is 37.5 Å². The Morgan fingerprint density at radius 3 is 2.28 bits per heavy atom. The van der Waals surface area contributed by atoms with Crippen molar-refractivity contribution in [3.05, 3.63) is 95.8 Å². The second kappa shape index (κ2) is 12.4. The molecule has 1 heterocycles. The van der Waals surface area contributed by atoms with Crippen LogP contribution in [0.15, 0.2) is 83.9 Å². The van der Waals surface area contributed by atoms with E-state index < -0.39 is 21.4 Å². The van der Waals surface area contributed by atoms with Crippen LogP contribution in [0.2, 0.25) is 0 Å². The SMILES string of the molecule is Cc1ccc(S(=O)(=O)NCC(CCCC(=O)O)(CNC(=O)c2ccccn2)Cc2ccccc2)cc1. The van der Waals surface area contributed by atoms with Gasteiger partial charge in [0.15, 0.2) is 0 Å². The van der Waals surface area contributed by atoms with Crippen LogP contribution in [-0.2, 0) is 21.2 Å². The number of sulfonamides is 1. The molecule has 2 aromatic carbocycles. The first-order valence-electron chi connectivity index (χ1n) is 11.7. The molecule has 0 spiro atoms. The fourth-order valence-electron chi connectivity index (χ4n) is 4.00. The van der Waals surface area contributed by atoms with E-state index in [4.69, 9.17) is 0 Å². The zero-order valence-electron chi connectivity index (χ0n) is 20.2. The van der Waals surface area contributed by atoms with Crippen molar-refractivity contribution in [1.29, 1.82) is 0 Å². The number of pyridine rings is 1. The van der Waals surface area contributed by atoms with Crippen molar-refractivity contribution in [3.63, 3.8) is 0 Å². The normalized spacial score (nSPS) is 13.0. The lowest BCUT2D eigenvalue weighted by Gasteiger charge is -2.34. The Labute approximate surface area is 211 Å². The highest BCUT2D eigenvalue weighted by atomic mass is 32.2. The number of aryl methyl sites for hydroxylation is 1. The summed E-state index contributed by atoms with van der Waals surface area (Å²) < 4.78 is 28.9. The second-order valence-corrected chi connectivity index (χ2v) is 10.7. The highest BCUT2D eigenvalue weighted by Gasteiger charge is 2.33. The number of amides is 1. The summed E-state index contributed by atoms with van der Waals surface area (Å²) in [5.41, 5.74) is 1.36. The van der Waals surface area contributed by atoms with Crippen molar-refractivity contribution in [1.82, 2.24) is 15.0 Å². The zero-order chi connectivity index (χ0) is 26.0. The molecule has 0 aliphatic rings. The van der Waals surface area contributed by atoms with Crippen LogP contribution in [0.4, 0.5) is 0 Å². The first-order chi connectivity index (χ1) is 17.2. The molecule has 1 aromatic heterocycles. The number of nitrogens with one attached hydrogen (secondary N) is 2. The molecule has 0 bridgehead atoms. The highest BCUT2D eigenvalue weighted by molar-refractivity contribution is 7.89. The second-order valence-electron chi connectivity index (χ2n) is 8.94. The van der Waals surface area contributed by atoms with Gasteiger partial charge in [0.05, 0.1) is 4.90 Å². The molecule has 190 valence electrons. The quantitative estimate of drug-likeness (QED) is 0.323. The Morgan fingerprint density at radius 2 is 1.64 bits per heavy atom. The minimum Gasteiger partial charge on any atom is -0.481 e. The third-order valence-corrected chi connectivity index (χ3v) is 7.43. The zero-order valence-corrected chi connectivity index (χ0v) is 21.0. The Balaban J connectivity index is 1.88. The molecular weight excluding hydrogens is 478 g/mol. The summed E-state index contributed by atoms with van der Waals surface area (Å²) >= 11 is 0. The maximum absolute atomic E-state index is 13.1. The van der Waals surface area contributed by atoms with E-state index in [0.29, 0.717) is 19.3 Å². The summed E-state index contributed by atoms with van der Waals surface area (Å²) in [4.78, 5) is 28.2. The summed E-state index contributed by atoms with van der Waals surface area (Å²) in [6.45, 7) is 2.02. The molecule has 0 saturated carbocycles. The lowest BCUT2D eigenvalue weighted by molar-refractivity contribution is -0.137. The van der Waals surface area contributed by atoms with Crippen molar-refractivity contribution in [3.8, 4) is 0 Å². The fourth-order valence-corrected chi connectivity index (χ4v) is 5.16. The van der Waals surface area contributed by atoms with Gasteiger partial charge >= 0.3 is 5.97 Å². The molecule has 1 atom stereocenters. The molecule has 36 heavy (non-hydrogen) atoms. The van der Waals surface area contributed by atoms with E-state index in [1.165, 1.54) is 6.20 Å². The number of carbonyl (C=O) groups excluding carboxylic acids is 1. The minimum atomic E-state index is -3.83. The molecule has 0 aliphatic carbocycles. The lowest BCUT2D eigenvalue weighted by atomic mass is 9.77. The molecular formula is C27H31N3O5S. The summed E-state index contributed by atoms with van der Waals surface area (Å²) in [6, 6.07) is 21.1. The number of aromatic nitrogens is 1. The number of carbonyl (C=O) groups is 2. The average molecular weight is 510 g/mol. The highest BCUT2D eigenvalue weighted by Crippen LogP contribution is 2.30. The van der Waals surface area contributed by atoms with Gasteiger partial charge in [0.1, 0.15) is 5.69 Å². The maximum Gasteiger partial charge on any atom is 0.303 e. The van der Waals surface area contributed by atoms with Gasteiger partial charge in [-0.05, 0) is 56.0 Å². The molecule has 3 rings (SSSR count). The predicted octanol–water partition coefficient (Wildman–Crippen LogP) is 3.58. The van der Waals surface area contributed by atoms with E-state index in [9.17, 15) is 23.1 Å². The first-order valence-corrected chi connectivity index (χ1v) is 13.2. The topological polar surface area (TPSA) is 125 Å². The molecule has 1 amide bonds. The number of rotatable bonds is 13. The largest absolute Gasteiger partial charge is 0.481 e. The molecule has 3 aromatic rings. The van der Waals surface area contributed by atoms with Crippen molar-refractivity contribution >= 4 is 21.9 Å². The van der Waals surface area contributed by atoms with Crippen molar-refractivity contribution in [2.75, 3.05) is 13.1 Å². The third-order valence-electron chi connectivity index (χ3n) is 6.01. The van der Waals surface area contributed by atoms with Crippen LogP contribution >= 0.6 is 0 Å². The van der Waals surface area contributed by atoms with Crippen LogP contribution in [0, 0.1) is 12.3 Å². The number of aliphatic carboxylic acids is 1. The van der Waals surface area contributed by atoms with Crippen LogP contribution in [0.1, 0.15) is 40.9 Å². The van der Waals surface area contributed by atoms with Gasteiger partial charge in [-0.3, -0.25) is 14.6 Å². The monoisotopic (exact) mass is 509 g/mol. The maximum atomic E-state index is 13.1. The number of carboxylic acid groups (broad SMARTS) is 1. The van der Waals surface area contributed by atoms with Gasteiger partial charge < -0.3 is 10.4 Å². The molecule has 0 saturated heterocycles. The molecule has 1 unspecified atom stereocenters. The van der Waals surface area contributed by atoms with E-state index in [0.717, 1.165) is 11.1 Å². The van der Waals surface area contributed by atoms with Gasteiger partial charge in [0.2, 0.25) is 10.0 Å². The summed E-state index contributed by atoms with van der Waals surface area (Å²) in [6.07, 6.45) is 2.61. The van der Waals surface area contributed by atoms with E-state index in [1.807, 2.05) is 37.3 Å². The number of hydrogen-bond donors (Lipinski definition) is 3. The summed E-state index contributed by atoms with van der Waals surface area (Å²) in [7, 11) is -3.83. The van der Waals surface area contributed by atoms with E-state index >= 15 is 0 Å². The number of benzene rings is 2. The molecule has 9 heteroatoms. The average Bonchev–Trinajstić information content (AvgIpc) is 2.87. The first kappa shape index (κ1) is 27.0. The number of carboxylic acids is 1. The van der Waals surface area contributed by atoms with Gasteiger partial charge in [-0.1, -0.05) is 54.1 Å². The molecule has 0 radical (unpaired) electrons. The molecule has 3 N–H and O–H groups in total. The molecule has 0 fully saturated rings. The van der Waals surface area contributed by atoms with Crippen LogP contribution in [0.25, 0.3) is 0 Å². The predicted molar refractivity (Wildman–Crippen MR) is 137 cm³/mol. The van der Waals surface area contributed by atoms with Crippen LogP contribution < -0.4 is 10.0 Å². The van der Waals surface area contributed by atoms with E-state index in [2.05, 4.69) is 15.0 Å². The molecule has 8 nitrogen and oxygen atoms in total. The van der Waals surface area contributed by atoms with Crippen LogP contribution in [-0.4, -0.2) is 43.5 Å². The van der Waals surface area contributed by atoms with Crippen molar-refractivity contribution in [2.24, 2.45) is 5.41 Å². The number of nitrogens with zero attached hydrogens (tertiary/aromatic N) is 1. The molecule has 0 aliphatic heterocycles. The van der Waals surface area contributed by atoms with Gasteiger partial charge in [-0.15, -0.1) is 0 Å². The fraction of sp³-hybridized carbons (Fsp3) is 0.296. The van der Waals surface area contributed by atoms with Gasteiger partial charge in [-0.25, -0.2) is 13.1 Å². The summed E-state index contributed by atoms with van der Waals surface area (Å²) in [5.74, 6) is -1.31. The van der Waals surface area contributed by atoms with Gasteiger partial charge in [0.25, 0.3) is 5.91 Å². The van der Waals surface area contributed by atoms with E-state index in [1.54, 1.807) is 42.5 Å². The van der Waals surface area contributed by atoms with E-state index in [-0.39, 0.29) is 36.0 Å². The summed E-state index contributed by atoms with van der Waals surface area (Å²) in [5, 5.41) is 12.1. The Kier molecular flexibility index (Phi) is 9.32. The van der Waals surface area contributed by atoms with Crippen LogP contribution in [0.5, 0.6) is 0 Å². The Morgan fingerprint density at radius 1 is 0.944 bits per heavy atom. The third kappa shape index (κ3) is 8.00.